The average molecular weight is 288 g/mol. The lowest BCUT2D eigenvalue weighted by molar-refractivity contribution is 0.602. The van der Waals surface area contributed by atoms with Gasteiger partial charge in [0.05, 0.1) is 5.75 Å². The summed E-state index contributed by atoms with van der Waals surface area (Å²) in [5.41, 5.74) is 1.09. The molecule has 0 fully saturated rings. The molecule has 96 valence electrons. The average Bonchev–Trinajstić information content (AvgIpc) is 2.81. The van der Waals surface area contributed by atoms with Gasteiger partial charge in [-0.3, -0.25) is 4.72 Å². The van der Waals surface area contributed by atoms with E-state index in [0.29, 0.717) is 17.1 Å². The number of halogens is 1. The summed E-state index contributed by atoms with van der Waals surface area (Å²) in [4.78, 5) is 0. The maximum absolute atomic E-state index is 11.6. The van der Waals surface area contributed by atoms with Crippen molar-refractivity contribution in [2.75, 3.05) is 16.4 Å². The van der Waals surface area contributed by atoms with Gasteiger partial charge in [-0.1, -0.05) is 12.1 Å². The van der Waals surface area contributed by atoms with Crippen LogP contribution < -0.4 is 4.72 Å². The number of H-pyrrole nitrogens is 1. The van der Waals surface area contributed by atoms with Crippen LogP contribution in [0.1, 0.15) is 0 Å². The Labute approximate surface area is 109 Å². The largest absolute Gasteiger partial charge is 0.283 e. The van der Waals surface area contributed by atoms with Gasteiger partial charge in [-0.2, -0.15) is 5.21 Å². The first-order valence-corrected chi connectivity index (χ1v) is 7.20. The number of aromatic amines is 1. The number of alkyl halides is 1. The molecular formula is C9H10ClN5O2S. The summed E-state index contributed by atoms with van der Waals surface area (Å²) in [6.45, 7) is 0. The number of nitrogens with one attached hydrogen (secondary N) is 2. The molecule has 0 bridgehead atoms. The SMILES string of the molecule is O=S(=O)(CCCl)Nc1cccc(-c2nn[nH]n2)c1. The van der Waals surface area contributed by atoms with Gasteiger partial charge in [0.25, 0.3) is 0 Å². The van der Waals surface area contributed by atoms with Gasteiger partial charge >= 0.3 is 0 Å². The molecular weight excluding hydrogens is 278 g/mol. The van der Waals surface area contributed by atoms with Crippen molar-refractivity contribution in [3.05, 3.63) is 24.3 Å². The van der Waals surface area contributed by atoms with E-state index in [-0.39, 0.29) is 11.6 Å². The van der Waals surface area contributed by atoms with Crippen molar-refractivity contribution >= 4 is 27.3 Å². The third-order valence-corrected chi connectivity index (χ3v) is 3.79. The number of hydrogen-bond acceptors (Lipinski definition) is 5. The highest BCUT2D eigenvalue weighted by molar-refractivity contribution is 7.92. The highest BCUT2D eigenvalue weighted by atomic mass is 35.5. The maximum Gasteiger partial charge on any atom is 0.233 e. The van der Waals surface area contributed by atoms with E-state index in [1.165, 1.54) is 0 Å². The molecule has 0 aliphatic heterocycles. The second-order valence-corrected chi connectivity index (χ2v) is 5.65. The third kappa shape index (κ3) is 3.17. The fraction of sp³-hybridized carbons (Fsp3) is 0.222. The predicted octanol–water partition coefficient (Wildman–Crippen LogP) is 0.847. The zero-order chi connectivity index (χ0) is 13.0. The van der Waals surface area contributed by atoms with E-state index in [4.69, 9.17) is 11.6 Å². The normalized spacial score (nSPS) is 11.4. The van der Waals surface area contributed by atoms with Crippen molar-refractivity contribution < 1.29 is 8.42 Å². The molecule has 0 spiro atoms. The van der Waals surface area contributed by atoms with Crippen LogP contribution in [0.2, 0.25) is 0 Å². The summed E-state index contributed by atoms with van der Waals surface area (Å²) in [6.07, 6.45) is 0. The number of hydrogen-bond donors (Lipinski definition) is 2. The standard InChI is InChI=1S/C9H10ClN5O2S/c10-4-5-18(16,17)13-8-3-1-2-7(6-8)9-11-14-15-12-9/h1-3,6,13H,4-5H2,(H,11,12,14,15). The second-order valence-electron chi connectivity index (χ2n) is 3.43. The minimum atomic E-state index is -3.42. The van der Waals surface area contributed by atoms with Crippen LogP contribution in [0.25, 0.3) is 11.4 Å². The molecule has 7 nitrogen and oxygen atoms in total. The smallest absolute Gasteiger partial charge is 0.233 e. The highest BCUT2D eigenvalue weighted by Gasteiger charge is 2.10. The van der Waals surface area contributed by atoms with E-state index in [9.17, 15) is 8.42 Å². The molecule has 0 amide bonds. The maximum atomic E-state index is 11.6. The molecule has 2 rings (SSSR count). The number of aromatic nitrogens is 4. The van der Waals surface area contributed by atoms with Gasteiger partial charge in [0, 0.05) is 17.1 Å². The van der Waals surface area contributed by atoms with Gasteiger partial charge in [-0.25, -0.2) is 8.42 Å². The van der Waals surface area contributed by atoms with Crippen molar-refractivity contribution in [3.63, 3.8) is 0 Å². The summed E-state index contributed by atoms with van der Waals surface area (Å²) in [6, 6.07) is 6.71. The molecule has 0 atom stereocenters. The Hall–Kier alpha value is -1.67. The van der Waals surface area contributed by atoms with Crippen LogP contribution in [-0.2, 0) is 10.0 Å². The van der Waals surface area contributed by atoms with Gasteiger partial charge in [-0.15, -0.1) is 21.8 Å². The van der Waals surface area contributed by atoms with Crippen molar-refractivity contribution in [1.29, 1.82) is 0 Å². The molecule has 2 aromatic rings. The number of rotatable bonds is 5. The predicted molar refractivity (Wildman–Crippen MR) is 67.7 cm³/mol. The Morgan fingerprint density at radius 2 is 2.22 bits per heavy atom. The van der Waals surface area contributed by atoms with Crippen molar-refractivity contribution in [3.8, 4) is 11.4 Å². The summed E-state index contributed by atoms with van der Waals surface area (Å²) in [7, 11) is -3.42. The number of sulfonamides is 1. The van der Waals surface area contributed by atoms with Crippen molar-refractivity contribution in [2.45, 2.75) is 0 Å². The first-order chi connectivity index (χ1) is 8.61. The topological polar surface area (TPSA) is 101 Å². The van der Waals surface area contributed by atoms with Gasteiger partial charge in [0.15, 0.2) is 0 Å². The molecule has 1 aromatic carbocycles. The number of tetrazole rings is 1. The molecule has 0 radical (unpaired) electrons. The number of anilines is 1. The number of nitrogens with zero attached hydrogens (tertiary/aromatic N) is 3. The minimum Gasteiger partial charge on any atom is -0.283 e. The van der Waals surface area contributed by atoms with Crippen molar-refractivity contribution in [1.82, 2.24) is 20.6 Å². The summed E-state index contributed by atoms with van der Waals surface area (Å²) in [5, 5.41) is 13.4. The molecule has 0 aliphatic carbocycles. The molecule has 1 heterocycles. The van der Waals surface area contributed by atoms with E-state index in [1.54, 1.807) is 24.3 Å². The lowest BCUT2D eigenvalue weighted by Crippen LogP contribution is -2.17. The molecule has 0 saturated carbocycles. The Morgan fingerprint density at radius 3 is 2.89 bits per heavy atom. The van der Waals surface area contributed by atoms with Crippen LogP contribution >= 0.6 is 11.6 Å². The van der Waals surface area contributed by atoms with Gasteiger partial charge in [0.2, 0.25) is 15.8 Å². The monoisotopic (exact) mass is 287 g/mol. The highest BCUT2D eigenvalue weighted by Crippen LogP contribution is 2.19. The Morgan fingerprint density at radius 1 is 1.39 bits per heavy atom. The van der Waals surface area contributed by atoms with Gasteiger partial charge in [0.1, 0.15) is 0 Å². The quantitative estimate of drug-likeness (QED) is 0.794. The van der Waals surface area contributed by atoms with Crippen molar-refractivity contribution in [2.24, 2.45) is 0 Å². The molecule has 0 unspecified atom stereocenters. The minimum absolute atomic E-state index is 0.0415. The zero-order valence-corrected chi connectivity index (χ0v) is 10.7. The van der Waals surface area contributed by atoms with E-state index in [1.807, 2.05) is 0 Å². The molecule has 0 saturated heterocycles. The van der Waals surface area contributed by atoms with Crippen LogP contribution in [0, 0.1) is 0 Å². The molecule has 9 heteroatoms. The van der Waals surface area contributed by atoms with Crippen LogP contribution in [0.3, 0.4) is 0 Å². The molecule has 0 aliphatic rings. The van der Waals surface area contributed by atoms with E-state index >= 15 is 0 Å². The van der Waals surface area contributed by atoms with Crippen LogP contribution in [0.5, 0.6) is 0 Å². The summed E-state index contributed by atoms with van der Waals surface area (Å²) >= 11 is 5.41. The molecule has 1 aromatic heterocycles. The van der Waals surface area contributed by atoms with Crippen LogP contribution in [-0.4, -0.2) is 40.7 Å². The fourth-order valence-corrected chi connectivity index (χ4v) is 2.74. The van der Waals surface area contributed by atoms with Gasteiger partial charge in [-0.05, 0) is 17.3 Å². The lowest BCUT2D eigenvalue weighted by Gasteiger charge is -2.07. The molecule has 2 N–H and O–H groups in total. The van der Waals surface area contributed by atoms with E-state index < -0.39 is 10.0 Å². The molecule has 18 heavy (non-hydrogen) atoms. The summed E-state index contributed by atoms with van der Waals surface area (Å²) < 4.78 is 25.5. The van der Waals surface area contributed by atoms with Crippen LogP contribution in [0.15, 0.2) is 24.3 Å². The van der Waals surface area contributed by atoms with Crippen LogP contribution in [0.4, 0.5) is 5.69 Å². The third-order valence-electron chi connectivity index (χ3n) is 2.09. The van der Waals surface area contributed by atoms with E-state index in [2.05, 4.69) is 25.3 Å². The fourth-order valence-electron chi connectivity index (χ4n) is 1.34. The summed E-state index contributed by atoms with van der Waals surface area (Å²) in [5.74, 6) is 0.300. The Kier molecular flexibility index (Phi) is 3.78. The zero-order valence-electron chi connectivity index (χ0n) is 9.17. The first-order valence-electron chi connectivity index (χ1n) is 5.01. The van der Waals surface area contributed by atoms with Gasteiger partial charge < -0.3 is 0 Å². The Balaban J connectivity index is 2.23. The Bertz CT molecular complexity index is 614. The second kappa shape index (κ2) is 5.32. The first kappa shape index (κ1) is 12.8. The number of benzene rings is 1. The van der Waals surface area contributed by atoms with E-state index in [0.717, 1.165) is 0 Å². The lowest BCUT2D eigenvalue weighted by atomic mass is 10.2.